The second-order valence-corrected chi connectivity index (χ2v) is 10.5. The molecule has 4 N–H and O–H groups in total. The number of carboxylic acids is 1. The third kappa shape index (κ3) is 3.58. The SMILES string of the molecule is CCC(=O)O.C[C@H]1C[C@@H]2[C@H]([C@@H](O)C[C@@]3(C)[C@H]2CC[C@]3(O)C(=O)CO)[C@@]2(C)C=CC(=O)C=C12. The highest BCUT2D eigenvalue weighted by molar-refractivity contribution is 6.01. The van der Waals surface area contributed by atoms with Crippen molar-refractivity contribution in [2.75, 3.05) is 6.61 Å². The number of carbonyl (C=O) groups is 3. The molecule has 0 heterocycles. The molecule has 7 heteroatoms. The van der Waals surface area contributed by atoms with Gasteiger partial charge in [-0.2, -0.15) is 0 Å². The van der Waals surface area contributed by atoms with Crippen LogP contribution < -0.4 is 0 Å². The van der Waals surface area contributed by atoms with Crippen LogP contribution in [0.2, 0.25) is 0 Å². The Morgan fingerprint density at radius 1 is 1.25 bits per heavy atom. The van der Waals surface area contributed by atoms with E-state index in [1.807, 2.05) is 13.0 Å². The predicted octanol–water partition coefficient (Wildman–Crippen LogP) is 2.28. The molecule has 0 aromatic heterocycles. The first-order valence-corrected chi connectivity index (χ1v) is 11.6. The molecule has 0 saturated heterocycles. The summed E-state index contributed by atoms with van der Waals surface area (Å²) in [4.78, 5) is 33.7. The van der Waals surface area contributed by atoms with Gasteiger partial charge in [0.05, 0.1) is 6.10 Å². The fourth-order valence-electron chi connectivity index (χ4n) is 7.34. The molecule has 0 aliphatic heterocycles. The number of aliphatic carboxylic acids is 1. The van der Waals surface area contributed by atoms with Gasteiger partial charge in [0, 0.05) is 23.2 Å². The van der Waals surface area contributed by atoms with E-state index in [1.54, 1.807) is 19.1 Å². The van der Waals surface area contributed by atoms with E-state index in [1.165, 1.54) is 0 Å². The number of aliphatic hydroxyl groups is 3. The molecule has 0 aromatic rings. The molecular weight excluding hydrogens is 412 g/mol. The van der Waals surface area contributed by atoms with Crippen LogP contribution in [0.1, 0.15) is 59.8 Å². The molecule has 178 valence electrons. The van der Waals surface area contributed by atoms with Gasteiger partial charge < -0.3 is 20.4 Å². The van der Waals surface area contributed by atoms with Crippen molar-refractivity contribution in [2.24, 2.45) is 34.5 Å². The minimum atomic E-state index is -1.57. The van der Waals surface area contributed by atoms with Crippen molar-refractivity contribution in [1.82, 2.24) is 0 Å². The summed E-state index contributed by atoms with van der Waals surface area (Å²) >= 11 is 0. The van der Waals surface area contributed by atoms with Crippen LogP contribution in [0.4, 0.5) is 0 Å². The molecule has 4 aliphatic rings. The van der Waals surface area contributed by atoms with Crippen LogP contribution in [0.25, 0.3) is 0 Å². The largest absolute Gasteiger partial charge is 0.481 e. The Hall–Kier alpha value is -1.83. The Bertz CT molecular complexity index is 860. The number of carbonyl (C=O) groups excluding carboxylic acids is 2. The lowest BCUT2D eigenvalue weighted by molar-refractivity contribution is -0.180. The average molecular weight is 449 g/mol. The molecular formula is C25H36O7. The molecule has 32 heavy (non-hydrogen) atoms. The van der Waals surface area contributed by atoms with Gasteiger partial charge in [-0.3, -0.25) is 14.4 Å². The monoisotopic (exact) mass is 448 g/mol. The Morgan fingerprint density at radius 2 is 1.88 bits per heavy atom. The van der Waals surface area contributed by atoms with Crippen molar-refractivity contribution >= 4 is 17.5 Å². The summed E-state index contributed by atoms with van der Waals surface area (Å²) in [5.41, 5.74) is -1.59. The van der Waals surface area contributed by atoms with E-state index in [0.29, 0.717) is 12.8 Å². The smallest absolute Gasteiger partial charge is 0.303 e. The normalized spacial score (nSPS) is 44.4. The Labute approximate surface area is 189 Å². The molecule has 0 unspecified atom stereocenters. The molecule has 0 bridgehead atoms. The van der Waals surface area contributed by atoms with Crippen molar-refractivity contribution in [1.29, 1.82) is 0 Å². The molecule has 3 fully saturated rings. The van der Waals surface area contributed by atoms with Gasteiger partial charge in [0.25, 0.3) is 0 Å². The molecule has 7 nitrogen and oxygen atoms in total. The first kappa shape index (κ1) is 24.8. The summed E-state index contributed by atoms with van der Waals surface area (Å²) in [6.45, 7) is 7.08. The number of Topliss-reactive ketones (excluding diaryl/α,β-unsaturated/α-hetero) is 1. The van der Waals surface area contributed by atoms with Gasteiger partial charge in [0.15, 0.2) is 11.6 Å². The van der Waals surface area contributed by atoms with E-state index in [2.05, 4.69) is 13.8 Å². The second-order valence-electron chi connectivity index (χ2n) is 10.5. The zero-order valence-corrected chi connectivity index (χ0v) is 19.4. The molecule has 0 radical (unpaired) electrons. The summed E-state index contributed by atoms with van der Waals surface area (Å²) < 4.78 is 0. The van der Waals surface area contributed by atoms with Crippen LogP contribution in [-0.2, 0) is 14.4 Å². The predicted molar refractivity (Wildman–Crippen MR) is 118 cm³/mol. The quantitative estimate of drug-likeness (QED) is 0.521. The third-order valence-corrected chi connectivity index (χ3v) is 8.88. The summed E-state index contributed by atoms with van der Waals surface area (Å²) in [5.74, 6) is -0.822. The minimum absolute atomic E-state index is 0.00620. The minimum Gasteiger partial charge on any atom is -0.481 e. The highest BCUT2D eigenvalue weighted by Gasteiger charge is 2.68. The second kappa shape index (κ2) is 8.50. The van der Waals surface area contributed by atoms with E-state index < -0.39 is 35.5 Å². The molecule has 8 atom stereocenters. The number of aliphatic hydroxyl groups excluding tert-OH is 2. The summed E-state index contributed by atoms with van der Waals surface area (Å²) in [6, 6.07) is 0. The molecule has 0 spiro atoms. The highest BCUT2D eigenvalue weighted by atomic mass is 16.4. The van der Waals surface area contributed by atoms with Gasteiger partial charge in [-0.25, -0.2) is 0 Å². The number of allylic oxidation sites excluding steroid dienone is 4. The maximum atomic E-state index is 12.4. The van der Waals surface area contributed by atoms with E-state index >= 15 is 0 Å². The van der Waals surface area contributed by atoms with E-state index in [9.17, 15) is 29.7 Å². The van der Waals surface area contributed by atoms with Crippen LogP contribution >= 0.6 is 0 Å². The first-order chi connectivity index (χ1) is 14.9. The summed E-state index contributed by atoms with van der Waals surface area (Å²) in [5, 5.41) is 39.6. The van der Waals surface area contributed by atoms with Crippen LogP contribution in [0.15, 0.2) is 23.8 Å². The lowest BCUT2D eigenvalue weighted by atomic mass is 9.45. The lowest BCUT2D eigenvalue weighted by Crippen LogP contribution is -2.62. The van der Waals surface area contributed by atoms with Crippen LogP contribution in [0.3, 0.4) is 0 Å². The molecule has 0 amide bonds. The van der Waals surface area contributed by atoms with Crippen LogP contribution in [0, 0.1) is 34.5 Å². The molecule has 4 aliphatic carbocycles. The third-order valence-electron chi connectivity index (χ3n) is 8.88. The van der Waals surface area contributed by atoms with Gasteiger partial charge >= 0.3 is 5.97 Å². The van der Waals surface area contributed by atoms with Crippen molar-refractivity contribution < 1.29 is 34.8 Å². The number of carboxylic acid groups (broad SMARTS) is 1. The Balaban J connectivity index is 0.000000523. The molecule has 0 aromatic carbocycles. The number of hydrogen-bond donors (Lipinski definition) is 4. The fourth-order valence-corrected chi connectivity index (χ4v) is 7.34. The van der Waals surface area contributed by atoms with E-state index in [-0.39, 0.29) is 41.3 Å². The Kier molecular flexibility index (Phi) is 6.59. The van der Waals surface area contributed by atoms with Gasteiger partial charge in [-0.1, -0.05) is 39.3 Å². The zero-order chi connectivity index (χ0) is 24.1. The van der Waals surface area contributed by atoms with Crippen molar-refractivity contribution in [3.8, 4) is 0 Å². The lowest BCUT2D eigenvalue weighted by Gasteiger charge is -2.60. The van der Waals surface area contributed by atoms with Gasteiger partial charge in [0.2, 0.25) is 0 Å². The standard InChI is InChI=1S/C22H30O5.C3H6O2/c1-12-8-14-15-5-7-22(27,18(26)11-23)21(15,3)10-17(25)19(14)20(2)6-4-13(24)9-16(12)20;1-2-3(4)5/h4,6,9,12,14-15,17,19,23,25,27H,5,7-8,10-11H2,1-3H3;2H2,1H3,(H,4,5)/t12-,14-,15-,17-,19+,20-,21-,22-;/m0./s1. The average Bonchev–Trinajstić information content (AvgIpc) is 3.00. The van der Waals surface area contributed by atoms with Crippen molar-refractivity contribution in [3.63, 3.8) is 0 Å². The number of hydrogen-bond acceptors (Lipinski definition) is 6. The van der Waals surface area contributed by atoms with Gasteiger partial charge in [-0.05, 0) is 55.6 Å². The van der Waals surface area contributed by atoms with Gasteiger partial charge in [-0.15, -0.1) is 0 Å². The van der Waals surface area contributed by atoms with Crippen molar-refractivity contribution in [2.45, 2.75) is 71.5 Å². The highest BCUT2D eigenvalue weighted by Crippen LogP contribution is 2.67. The fraction of sp³-hybridized carbons (Fsp3) is 0.720. The maximum Gasteiger partial charge on any atom is 0.303 e. The number of rotatable bonds is 3. The van der Waals surface area contributed by atoms with E-state index in [4.69, 9.17) is 5.11 Å². The van der Waals surface area contributed by atoms with E-state index in [0.717, 1.165) is 18.4 Å². The maximum absolute atomic E-state index is 12.4. The zero-order valence-electron chi connectivity index (χ0n) is 19.4. The van der Waals surface area contributed by atoms with Gasteiger partial charge in [0.1, 0.15) is 12.2 Å². The molecule has 3 saturated carbocycles. The summed E-state index contributed by atoms with van der Waals surface area (Å²) in [6.07, 6.45) is 7.09. The van der Waals surface area contributed by atoms with Crippen molar-refractivity contribution in [3.05, 3.63) is 23.8 Å². The van der Waals surface area contributed by atoms with Crippen LogP contribution in [0.5, 0.6) is 0 Å². The van der Waals surface area contributed by atoms with Crippen LogP contribution in [-0.4, -0.2) is 56.3 Å². The topological polar surface area (TPSA) is 132 Å². The number of fused-ring (bicyclic) bond motifs is 5. The first-order valence-electron chi connectivity index (χ1n) is 11.6. The number of ketones is 2. The Morgan fingerprint density at radius 3 is 2.44 bits per heavy atom. The molecule has 4 rings (SSSR count). The summed E-state index contributed by atoms with van der Waals surface area (Å²) in [7, 11) is 0.